The van der Waals surface area contributed by atoms with E-state index in [2.05, 4.69) is 14.9 Å². The Bertz CT molecular complexity index is 634. The summed E-state index contributed by atoms with van der Waals surface area (Å²) in [5.74, 6) is 2.55. The minimum absolute atomic E-state index is 0.100. The number of nitrogens with two attached hydrogens (primary N) is 1. The van der Waals surface area contributed by atoms with Gasteiger partial charge in [0.2, 0.25) is 5.88 Å². The summed E-state index contributed by atoms with van der Waals surface area (Å²) < 4.78 is 19.1. The minimum atomic E-state index is -0.452. The number of thioether (sulfide) groups is 1. The first-order valence-corrected chi connectivity index (χ1v) is 7.76. The predicted molar refractivity (Wildman–Crippen MR) is 82.5 cm³/mol. The third kappa shape index (κ3) is 3.02. The van der Waals surface area contributed by atoms with Crippen molar-refractivity contribution in [2.45, 2.75) is 0 Å². The SMILES string of the molecule is Nc1c(Oc2ccccc2F)ncnc1N1CCSCC1. The molecule has 7 heteroatoms. The molecule has 0 spiro atoms. The summed E-state index contributed by atoms with van der Waals surface area (Å²) in [6.45, 7) is 1.76. The third-order valence-electron chi connectivity index (χ3n) is 3.18. The molecule has 0 saturated carbocycles. The number of aromatic nitrogens is 2. The van der Waals surface area contributed by atoms with Gasteiger partial charge in [0.05, 0.1) is 0 Å². The maximum atomic E-state index is 13.6. The van der Waals surface area contributed by atoms with Gasteiger partial charge in [-0.25, -0.2) is 9.37 Å². The summed E-state index contributed by atoms with van der Waals surface area (Å²) in [6, 6.07) is 6.16. The molecule has 1 aliphatic heterocycles. The molecule has 0 amide bonds. The van der Waals surface area contributed by atoms with Crippen LogP contribution in [0.1, 0.15) is 0 Å². The van der Waals surface area contributed by atoms with Crippen LogP contribution in [0.25, 0.3) is 0 Å². The van der Waals surface area contributed by atoms with Gasteiger partial charge in [0.25, 0.3) is 0 Å². The Labute approximate surface area is 126 Å². The van der Waals surface area contributed by atoms with Gasteiger partial charge in [0, 0.05) is 24.6 Å². The number of nitrogens with zero attached hydrogens (tertiary/aromatic N) is 3. The van der Waals surface area contributed by atoms with Gasteiger partial charge >= 0.3 is 0 Å². The molecule has 2 heterocycles. The van der Waals surface area contributed by atoms with Gasteiger partial charge in [-0.2, -0.15) is 16.7 Å². The fourth-order valence-corrected chi connectivity index (χ4v) is 3.01. The summed E-state index contributed by atoms with van der Waals surface area (Å²) in [5.41, 5.74) is 6.43. The summed E-state index contributed by atoms with van der Waals surface area (Å²) in [7, 11) is 0. The number of anilines is 2. The number of hydrogen-bond acceptors (Lipinski definition) is 6. The minimum Gasteiger partial charge on any atom is -0.434 e. The molecular weight excluding hydrogens is 291 g/mol. The predicted octanol–water partition coefficient (Wildman–Crippen LogP) is 2.54. The number of nitrogen functional groups attached to an aromatic ring is 1. The van der Waals surface area contributed by atoms with Crippen molar-refractivity contribution in [2.24, 2.45) is 0 Å². The van der Waals surface area contributed by atoms with Crippen LogP contribution in [0.2, 0.25) is 0 Å². The summed E-state index contributed by atoms with van der Waals surface area (Å²) >= 11 is 1.90. The van der Waals surface area contributed by atoms with Crippen molar-refractivity contribution in [1.82, 2.24) is 9.97 Å². The van der Waals surface area contributed by atoms with Gasteiger partial charge < -0.3 is 15.4 Å². The van der Waals surface area contributed by atoms with Gasteiger partial charge in [-0.05, 0) is 12.1 Å². The van der Waals surface area contributed by atoms with E-state index in [1.54, 1.807) is 12.1 Å². The second-order valence-electron chi connectivity index (χ2n) is 4.55. The molecule has 0 atom stereocenters. The quantitative estimate of drug-likeness (QED) is 0.940. The highest BCUT2D eigenvalue weighted by Crippen LogP contribution is 2.33. The molecule has 21 heavy (non-hydrogen) atoms. The maximum Gasteiger partial charge on any atom is 0.248 e. The lowest BCUT2D eigenvalue weighted by Crippen LogP contribution is -2.33. The first-order chi connectivity index (χ1) is 10.3. The number of rotatable bonds is 3. The Morgan fingerprint density at radius 2 is 1.95 bits per heavy atom. The van der Waals surface area contributed by atoms with Crippen molar-refractivity contribution in [2.75, 3.05) is 35.2 Å². The fraction of sp³-hybridized carbons (Fsp3) is 0.286. The second-order valence-corrected chi connectivity index (χ2v) is 5.77. The van der Waals surface area contributed by atoms with E-state index in [0.717, 1.165) is 24.6 Å². The Kier molecular flexibility index (Phi) is 4.10. The molecular formula is C14H15FN4OS. The summed E-state index contributed by atoms with van der Waals surface area (Å²) in [5, 5.41) is 0. The Hall–Kier alpha value is -2.02. The molecule has 0 bridgehead atoms. The van der Waals surface area contributed by atoms with Crippen LogP contribution >= 0.6 is 11.8 Å². The normalized spacial score (nSPS) is 15.0. The molecule has 1 aliphatic rings. The molecule has 1 aromatic carbocycles. The maximum absolute atomic E-state index is 13.6. The number of hydrogen-bond donors (Lipinski definition) is 1. The van der Waals surface area contributed by atoms with E-state index in [9.17, 15) is 4.39 Å². The van der Waals surface area contributed by atoms with Crippen LogP contribution in [0.4, 0.5) is 15.9 Å². The largest absolute Gasteiger partial charge is 0.434 e. The topological polar surface area (TPSA) is 64.3 Å². The molecule has 0 aliphatic carbocycles. The molecule has 0 unspecified atom stereocenters. The van der Waals surface area contributed by atoms with Gasteiger partial charge in [-0.3, -0.25) is 0 Å². The van der Waals surface area contributed by atoms with Crippen LogP contribution in [0.3, 0.4) is 0 Å². The average molecular weight is 306 g/mol. The van der Waals surface area contributed by atoms with Crippen molar-refractivity contribution >= 4 is 23.3 Å². The van der Waals surface area contributed by atoms with E-state index < -0.39 is 5.82 Å². The van der Waals surface area contributed by atoms with E-state index in [0.29, 0.717) is 11.5 Å². The van der Waals surface area contributed by atoms with Crippen LogP contribution in [-0.2, 0) is 0 Å². The molecule has 1 fully saturated rings. The highest BCUT2D eigenvalue weighted by Gasteiger charge is 2.19. The van der Waals surface area contributed by atoms with Crippen LogP contribution < -0.4 is 15.4 Å². The molecule has 3 rings (SSSR count). The smallest absolute Gasteiger partial charge is 0.248 e. The van der Waals surface area contributed by atoms with E-state index in [1.807, 2.05) is 11.8 Å². The first-order valence-electron chi connectivity index (χ1n) is 6.61. The molecule has 2 aromatic rings. The highest BCUT2D eigenvalue weighted by molar-refractivity contribution is 7.99. The molecule has 2 N–H and O–H groups in total. The first kappa shape index (κ1) is 13.9. The van der Waals surface area contributed by atoms with Gasteiger partial charge in [-0.15, -0.1) is 0 Å². The molecule has 1 saturated heterocycles. The zero-order chi connectivity index (χ0) is 14.7. The average Bonchev–Trinajstić information content (AvgIpc) is 2.52. The fourth-order valence-electron chi connectivity index (χ4n) is 2.11. The van der Waals surface area contributed by atoms with E-state index in [4.69, 9.17) is 10.5 Å². The number of benzene rings is 1. The summed E-state index contributed by atoms with van der Waals surface area (Å²) in [6.07, 6.45) is 1.39. The zero-order valence-corrected chi connectivity index (χ0v) is 12.1. The van der Waals surface area contributed by atoms with Gasteiger partial charge in [0.15, 0.2) is 17.4 Å². The Morgan fingerprint density at radius 3 is 2.71 bits per heavy atom. The second kappa shape index (κ2) is 6.17. The van der Waals surface area contributed by atoms with E-state index in [1.165, 1.54) is 18.5 Å². The lowest BCUT2D eigenvalue weighted by molar-refractivity contribution is 0.428. The van der Waals surface area contributed by atoms with Crippen molar-refractivity contribution in [3.8, 4) is 11.6 Å². The van der Waals surface area contributed by atoms with Crippen LogP contribution in [0, 0.1) is 5.82 Å². The van der Waals surface area contributed by atoms with E-state index in [-0.39, 0.29) is 11.6 Å². The van der Waals surface area contributed by atoms with Crippen LogP contribution in [0.5, 0.6) is 11.6 Å². The monoisotopic (exact) mass is 306 g/mol. The molecule has 1 aromatic heterocycles. The lowest BCUT2D eigenvalue weighted by Gasteiger charge is -2.28. The Balaban J connectivity index is 1.88. The standard InChI is InChI=1S/C14H15FN4OS/c15-10-3-1-2-4-11(10)20-14-12(16)13(17-9-18-14)19-5-7-21-8-6-19/h1-4,9H,5-8,16H2. The van der Waals surface area contributed by atoms with Crippen molar-refractivity contribution in [3.63, 3.8) is 0 Å². The molecule has 110 valence electrons. The van der Waals surface area contributed by atoms with Crippen LogP contribution in [-0.4, -0.2) is 34.6 Å². The third-order valence-corrected chi connectivity index (χ3v) is 4.12. The highest BCUT2D eigenvalue weighted by atomic mass is 32.2. The van der Waals surface area contributed by atoms with Crippen molar-refractivity contribution in [3.05, 3.63) is 36.4 Å². The number of para-hydroxylation sites is 1. The van der Waals surface area contributed by atoms with Gasteiger partial charge in [0.1, 0.15) is 12.0 Å². The molecule has 0 radical (unpaired) electrons. The van der Waals surface area contributed by atoms with Crippen molar-refractivity contribution < 1.29 is 9.13 Å². The zero-order valence-electron chi connectivity index (χ0n) is 11.3. The van der Waals surface area contributed by atoms with Crippen LogP contribution in [0.15, 0.2) is 30.6 Å². The number of ether oxygens (including phenoxy) is 1. The van der Waals surface area contributed by atoms with Gasteiger partial charge in [-0.1, -0.05) is 12.1 Å². The lowest BCUT2D eigenvalue weighted by atomic mass is 10.3. The Morgan fingerprint density at radius 1 is 1.19 bits per heavy atom. The molecule has 5 nitrogen and oxygen atoms in total. The van der Waals surface area contributed by atoms with E-state index >= 15 is 0 Å². The van der Waals surface area contributed by atoms with Crippen molar-refractivity contribution in [1.29, 1.82) is 0 Å². The summed E-state index contributed by atoms with van der Waals surface area (Å²) in [4.78, 5) is 10.3. The number of halogens is 1.